The van der Waals surface area contributed by atoms with E-state index >= 15 is 0 Å². The molecule has 0 atom stereocenters. The van der Waals surface area contributed by atoms with E-state index < -0.39 is 4.92 Å². The highest BCUT2D eigenvalue weighted by molar-refractivity contribution is 6.10. The Labute approximate surface area is 94.2 Å². The van der Waals surface area contributed by atoms with Gasteiger partial charge in [0, 0.05) is 7.05 Å². The molecule has 0 fully saturated rings. The predicted molar refractivity (Wildman–Crippen MR) is 63.7 cm³/mol. The molecular formula is C11H15N3O2. The van der Waals surface area contributed by atoms with Crippen LogP contribution in [0.2, 0.25) is 0 Å². The first-order valence-electron chi connectivity index (χ1n) is 5.08. The molecule has 0 aromatic carbocycles. The molecule has 0 aromatic rings. The third-order valence-corrected chi connectivity index (χ3v) is 2.37. The molecular weight excluding hydrogens is 206 g/mol. The van der Waals surface area contributed by atoms with Crippen LogP contribution in [0.5, 0.6) is 0 Å². The quantitative estimate of drug-likeness (QED) is 0.341. The van der Waals surface area contributed by atoms with Crippen molar-refractivity contribution in [3.05, 3.63) is 45.8 Å². The Kier molecular flexibility index (Phi) is 4.44. The number of aliphatic imine (C=N–C) groups is 1. The van der Waals surface area contributed by atoms with Gasteiger partial charge in [-0.15, -0.1) is 0 Å². The first-order valence-corrected chi connectivity index (χ1v) is 5.08. The van der Waals surface area contributed by atoms with E-state index in [0.717, 1.165) is 31.0 Å². The highest BCUT2D eigenvalue weighted by Crippen LogP contribution is 2.18. The van der Waals surface area contributed by atoms with Gasteiger partial charge in [-0.25, -0.2) is 0 Å². The van der Waals surface area contributed by atoms with E-state index in [-0.39, 0.29) is 5.70 Å². The summed E-state index contributed by atoms with van der Waals surface area (Å²) >= 11 is 0. The molecule has 0 aromatic heterocycles. The molecule has 0 saturated heterocycles. The summed E-state index contributed by atoms with van der Waals surface area (Å²) in [6.07, 6.45) is 9.48. The van der Waals surface area contributed by atoms with E-state index in [1.54, 1.807) is 7.05 Å². The van der Waals surface area contributed by atoms with Crippen molar-refractivity contribution in [2.45, 2.75) is 19.3 Å². The summed E-state index contributed by atoms with van der Waals surface area (Å²) in [5.74, 6) is 0. The monoisotopic (exact) mass is 221 g/mol. The van der Waals surface area contributed by atoms with E-state index in [9.17, 15) is 10.1 Å². The molecule has 0 spiro atoms. The molecule has 0 bridgehead atoms. The lowest BCUT2D eigenvalue weighted by Crippen LogP contribution is -2.16. The van der Waals surface area contributed by atoms with Gasteiger partial charge in [0.25, 0.3) is 0 Å². The highest BCUT2D eigenvalue weighted by Gasteiger charge is 2.21. The number of hydrogen-bond acceptors (Lipinski definition) is 4. The largest absolute Gasteiger partial charge is 0.399 e. The van der Waals surface area contributed by atoms with Crippen molar-refractivity contribution in [1.82, 2.24) is 0 Å². The first-order chi connectivity index (χ1) is 7.70. The lowest BCUT2D eigenvalue weighted by atomic mass is 10.0. The number of nitro groups is 1. The Bertz CT molecular complexity index is 392. The van der Waals surface area contributed by atoms with Gasteiger partial charge in [0.15, 0.2) is 0 Å². The summed E-state index contributed by atoms with van der Waals surface area (Å²) in [5.41, 5.74) is 6.41. The second-order valence-electron chi connectivity index (χ2n) is 3.36. The topological polar surface area (TPSA) is 81.5 Å². The summed E-state index contributed by atoms with van der Waals surface area (Å²) in [7, 11) is 1.54. The Morgan fingerprint density at radius 1 is 1.62 bits per heavy atom. The Hall–Kier alpha value is -1.91. The van der Waals surface area contributed by atoms with Crippen LogP contribution in [0, 0.1) is 10.1 Å². The van der Waals surface area contributed by atoms with Gasteiger partial charge in [-0.05, 0) is 24.8 Å². The fraction of sp³-hybridized carbons (Fsp3) is 0.364. The molecule has 1 aliphatic carbocycles. The van der Waals surface area contributed by atoms with Crippen molar-refractivity contribution in [3.8, 4) is 0 Å². The second kappa shape index (κ2) is 5.85. The molecule has 5 nitrogen and oxygen atoms in total. The molecule has 0 unspecified atom stereocenters. The number of hydrogen-bond donors (Lipinski definition) is 1. The molecule has 16 heavy (non-hydrogen) atoms. The van der Waals surface area contributed by atoms with Gasteiger partial charge in [-0.3, -0.25) is 15.1 Å². The minimum atomic E-state index is -0.499. The summed E-state index contributed by atoms with van der Waals surface area (Å²) < 4.78 is 0. The summed E-state index contributed by atoms with van der Waals surface area (Å²) in [6, 6.07) is 0. The average molecular weight is 221 g/mol. The molecule has 1 rings (SSSR count). The van der Waals surface area contributed by atoms with Crippen molar-refractivity contribution >= 4 is 5.71 Å². The molecule has 0 radical (unpaired) electrons. The van der Waals surface area contributed by atoms with Crippen LogP contribution < -0.4 is 5.73 Å². The second-order valence-corrected chi connectivity index (χ2v) is 3.36. The lowest BCUT2D eigenvalue weighted by Gasteiger charge is -2.06. The Balaban J connectivity index is 2.99. The minimum absolute atomic E-state index is 0.129. The molecule has 2 N–H and O–H groups in total. The Morgan fingerprint density at radius 2 is 2.38 bits per heavy atom. The van der Waals surface area contributed by atoms with Crippen LogP contribution in [-0.2, 0) is 0 Å². The van der Waals surface area contributed by atoms with Gasteiger partial charge >= 0.3 is 5.70 Å². The molecule has 1 aliphatic rings. The fourth-order valence-corrected chi connectivity index (χ4v) is 1.63. The maximum Gasteiger partial charge on any atom is 0.309 e. The number of rotatable bonds is 3. The number of nitrogens with zero attached hydrogens (tertiary/aromatic N) is 2. The number of nitrogens with two attached hydrogens (primary N) is 1. The first kappa shape index (κ1) is 12.2. The zero-order valence-corrected chi connectivity index (χ0v) is 9.22. The van der Waals surface area contributed by atoms with Gasteiger partial charge in [0.2, 0.25) is 0 Å². The highest BCUT2D eigenvalue weighted by atomic mass is 16.6. The molecule has 5 heteroatoms. The van der Waals surface area contributed by atoms with Gasteiger partial charge in [0.05, 0.1) is 11.1 Å². The predicted octanol–water partition coefficient (Wildman–Crippen LogP) is 1.80. The molecule has 0 heterocycles. The fourth-order valence-electron chi connectivity index (χ4n) is 1.63. The zero-order valence-electron chi connectivity index (χ0n) is 9.22. The Morgan fingerprint density at radius 3 is 2.94 bits per heavy atom. The van der Waals surface area contributed by atoms with E-state index in [1.165, 1.54) is 0 Å². The van der Waals surface area contributed by atoms with Crippen LogP contribution in [0.3, 0.4) is 0 Å². The standard InChI is InChI=1S/C11H15N3O2/c1-13-11(10(8-12)14(15)16)9-6-4-2-3-5-7-9/h2-3,6,8H,4-5,7,12H2,1H3/b10-8+,13-11?. The third-order valence-electron chi connectivity index (χ3n) is 2.37. The van der Waals surface area contributed by atoms with Gasteiger partial charge in [-0.1, -0.05) is 18.2 Å². The van der Waals surface area contributed by atoms with Crippen molar-refractivity contribution in [3.63, 3.8) is 0 Å². The zero-order chi connectivity index (χ0) is 12.0. The van der Waals surface area contributed by atoms with Crippen LogP contribution in [0.15, 0.2) is 40.7 Å². The van der Waals surface area contributed by atoms with E-state index in [0.29, 0.717) is 5.71 Å². The van der Waals surface area contributed by atoms with E-state index in [2.05, 4.69) is 11.1 Å². The molecule has 86 valence electrons. The van der Waals surface area contributed by atoms with E-state index in [4.69, 9.17) is 5.73 Å². The third kappa shape index (κ3) is 2.79. The van der Waals surface area contributed by atoms with Crippen LogP contribution in [0.25, 0.3) is 0 Å². The van der Waals surface area contributed by atoms with Gasteiger partial charge < -0.3 is 5.73 Å². The summed E-state index contributed by atoms with van der Waals surface area (Å²) in [5, 5.41) is 10.8. The van der Waals surface area contributed by atoms with Crippen molar-refractivity contribution < 1.29 is 4.92 Å². The average Bonchev–Trinajstić information content (AvgIpc) is 2.53. The summed E-state index contributed by atoms with van der Waals surface area (Å²) in [6.45, 7) is 0. The van der Waals surface area contributed by atoms with Crippen molar-refractivity contribution in [2.75, 3.05) is 7.05 Å². The minimum Gasteiger partial charge on any atom is -0.399 e. The maximum atomic E-state index is 10.8. The SMILES string of the molecule is CN=C(C1=CCC=CCC1)/C(=C\N)[N+](=O)[O-]. The van der Waals surface area contributed by atoms with Crippen LogP contribution in [0.4, 0.5) is 0 Å². The smallest absolute Gasteiger partial charge is 0.309 e. The lowest BCUT2D eigenvalue weighted by molar-refractivity contribution is -0.415. The van der Waals surface area contributed by atoms with E-state index in [1.807, 2.05) is 12.2 Å². The summed E-state index contributed by atoms with van der Waals surface area (Å²) in [4.78, 5) is 14.3. The molecule has 0 amide bonds. The van der Waals surface area contributed by atoms with Gasteiger partial charge in [-0.2, -0.15) is 0 Å². The number of allylic oxidation sites excluding steroid dienone is 4. The van der Waals surface area contributed by atoms with Gasteiger partial charge in [0.1, 0.15) is 5.71 Å². The molecule has 0 aliphatic heterocycles. The van der Waals surface area contributed by atoms with Crippen molar-refractivity contribution in [1.29, 1.82) is 0 Å². The van der Waals surface area contributed by atoms with Crippen LogP contribution in [0.1, 0.15) is 19.3 Å². The normalized spacial score (nSPS) is 17.9. The van der Waals surface area contributed by atoms with Crippen LogP contribution in [-0.4, -0.2) is 17.7 Å². The maximum absolute atomic E-state index is 10.8. The van der Waals surface area contributed by atoms with Crippen molar-refractivity contribution in [2.24, 2.45) is 10.7 Å². The molecule has 0 saturated carbocycles. The van der Waals surface area contributed by atoms with Crippen LogP contribution >= 0.6 is 0 Å².